The Balaban J connectivity index is 2.02. The summed E-state index contributed by atoms with van der Waals surface area (Å²) < 4.78 is 3.60. The average molecular weight is 227 g/mol. The van der Waals surface area contributed by atoms with E-state index in [4.69, 9.17) is 5.11 Å². The number of hydrogen-bond donors (Lipinski definition) is 1. The molecular formula is C8H9N3O3S. The van der Waals surface area contributed by atoms with E-state index in [1.54, 1.807) is 5.38 Å². The molecule has 1 aromatic heterocycles. The molecule has 15 heavy (non-hydrogen) atoms. The van der Waals surface area contributed by atoms with Crippen LogP contribution < -0.4 is 0 Å². The van der Waals surface area contributed by atoms with Gasteiger partial charge in [0.1, 0.15) is 0 Å². The zero-order valence-corrected chi connectivity index (χ0v) is 8.61. The van der Waals surface area contributed by atoms with Crippen molar-refractivity contribution in [3.8, 4) is 0 Å². The van der Waals surface area contributed by atoms with E-state index >= 15 is 0 Å². The second kappa shape index (κ2) is 3.93. The molecule has 2 heterocycles. The van der Waals surface area contributed by atoms with Crippen molar-refractivity contribution in [2.75, 3.05) is 13.1 Å². The SMILES string of the molecule is O=C(O)C1CCN(C(=O)c2csnn2)C1. The fraction of sp³-hybridized carbons (Fsp3) is 0.500. The van der Waals surface area contributed by atoms with Crippen LogP contribution in [0.2, 0.25) is 0 Å². The largest absolute Gasteiger partial charge is 0.481 e. The van der Waals surface area contributed by atoms with Crippen LogP contribution in [0.25, 0.3) is 0 Å². The van der Waals surface area contributed by atoms with E-state index in [1.165, 1.54) is 4.90 Å². The van der Waals surface area contributed by atoms with Gasteiger partial charge in [0.2, 0.25) is 0 Å². The van der Waals surface area contributed by atoms with Gasteiger partial charge in [0.05, 0.1) is 5.92 Å². The molecule has 6 nitrogen and oxygen atoms in total. The van der Waals surface area contributed by atoms with Crippen molar-refractivity contribution < 1.29 is 14.7 Å². The molecule has 0 radical (unpaired) electrons. The van der Waals surface area contributed by atoms with Crippen molar-refractivity contribution in [1.29, 1.82) is 0 Å². The first-order valence-electron chi connectivity index (χ1n) is 4.47. The number of rotatable bonds is 2. The molecule has 1 saturated heterocycles. The van der Waals surface area contributed by atoms with Gasteiger partial charge in [-0.25, -0.2) is 0 Å². The van der Waals surface area contributed by atoms with E-state index in [9.17, 15) is 9.59 Å². The van der Waals surface area contributed by atoms with E-state index in [1.807, 2.05) is 0 Å². The minimum absolute atomic E-state index is 0.229. The second-order valence-corrected chi connectivity index (χ2v) is 3.97. The van der Waals surface area contributed by atoms with Crippen LogP contribution in [0.3, 0.4) is 0 Å². The highest BCUT2D eigenvalue weighted by molar-refractivity contribution is 7.03. The first-order valence-corrected chi connectivity index (χ1v) is 5.31. The van der Waals surface area contributed by atoms with Gasteiger partial charge in [-0.15, -0.1) is 5.10 Å². The van der Waals surface area contributed by atoms with Crippen molar-refractivity contribution in [1.82, 2.24) is 14.5 Å². The highest BCUT2D eigenvalue weighted by Crippen LogP contribution is 2.18. The molecule has 0 saturated carbocycles. The minimum atomic E-state index is -0.846. The van der Waals surface area contributed by atoms with Gasteiger partial charge in [-0.1, -0.05) is 4.49 Å². The van der Waals surface area contributed by atoms with Gasteiger partial charge in [0, 0.05) is 18.5 Å². The normalized spacial score (nSPS) is 20.5. The monoisotopic (exact) mass is 227 g/mol. The summed E-state index contributed by atoms with van der Waals surface area (Å²) in [5.41, 5.74) is 0.297. The maximum atomic E-state index is 11.7. The zero-order valence-electron chi connectivity index (χ0n) is 7.79. The number of aliphatic carboxylic acids is 1. The summed E-state index contributed by atoms with van der Waals surface area (Å²) in [7, 11) is 0. The van der Waals surface area contributed by atoms with Gasteiger partial charge in [-0.3, -0.25) is 9.59 Å². The van der Waals surface area contributed by atoms with Crippen LogP contribution in [0, 0.1) is 5.92 Å². The Hall–Kier alpha value is -1.50. The first kappa shape index (κ1) is 10.0. The van der Waals surface area contributed by atoms with E-state index in [2.05, 4.69) is 9.59 Å². The first-order chi connectivity index (χ1) is 7.18. The summed E-state index contributed by atoms with van der Waals surface area (Å²) >= 11 is 1.11. The highest BCUT2D eigenvalue weighted by Gasteiger charge is 2.31. The number of carboxylic acid groups (broad SMARTS) is 1. The van der Waals surface area contributed by atoms with Gasteiger partial charge in [0.15, 0.2) is 5.69 Å². The van der Waals surface area contributed by atoms with E-state index in [-0.39, 0.29) is 12.5 Å². The summed E-state index contributed by atoms with van der Waals surface area (Å²) in [6.45, 7) is 0.749. The molecule has 1 atom stereocenters. The molecule has 1 N–H and O–H groups in total. The predicted octanol–water partition coefficient (Wildman–Crippen LogP) is 0.0848. The van der Waals surface area contributed by atoms with Gasteiger partial charge >= 0.3 is 5.97 Å². The Morgan fingerprint density at radius 1 is 1.60 bits per heavy atom. The number of nitrogens with zero attached hydrogens (tertiary/aromatic N) is 3. The third-order valence-corrected chi connectivity index (χ3v) is 2.91. The average Bonchev–Trinajstić information content (AvgIpc) is 2.88. The Bertz CT molecular complexity index is 378. The van der Waals surface area contributed by atoms with Gasteiger partial charge in [-0.05, 0) is 18.0 Å². The van der Waals surface area contributed by atoms with Crippen molar-refractivity contribution >= 4 is 23.4 Å². The van der Waals surface area contributed by atoms with Crippen LogP contribution in [0.5, 0.6) is 0 Å². The molecule has 7 heteroatoms. The van der Waals surface area contributed by atoms with E-state index in [0.29, 0.717) is 18.7 Å². The summed E-state index contributed by atoms with van der Waals surface area (Å²) in [6, 6.07) is 0. The lowest BCUT2D eigenvalue weighted by Crippen LogP contribution is -2.30. The molecule has 0 aromatic carbocycles. The van der Waals surface area contributed by atoms with Crippen molar-refractivity contribution in [2.45, 2.75) is 6.42 Å². The predicted molar refractivity (Wildman–Crippen MR) is 51.6 cm³/mol. The zero-order chi connectivity index (χ0) is 10.8. The molecule has 1 aliphatic rings. The van der Waals surface area contributed by atoms with Crippen LogP contribution in [-0.4, -0.2) is 44.6 Å². The molecule has 0 aliphatic carbocycles. The fourth-order valence-corrected chi connectivity index (χ4v) is 2.00. The van der Waals surface area contributed by atoms with Gasteiger partial charge < -0.3 is 10.0 Å². The Kier molecular flexibility index (Phi) is 2.63. The maximum Gasteiger partial charge on any atom is 0.308 e. The smallest absolute Gasteiger partial charge is 0.308 e. The topological polar surface area (TPSA) is 83.4 Å². The number of carboxylic acids is 1. The number of amides is 1. The fourth-order valence-electron chi connectivity index (χ4n) is 1.57. The number of likely N-dealkylation sites (tertiary alicyclic amines) is 1. The minimum Gasteiger partial charge on any atom is -0.481 e. The van der Waals surface area contributed by atoms with E-state index < -0.39 is 11.9 Å². The summed E-state index contributed by atoms with van der Waals surface area (Å²) in [4.78, 5) is 23.9. The third-order valence-electron chi connectivity index (χ3n) is 2.40. The molecule has 1 aliphatic heterocycles. The standard InChI is InChI=1S/C8H9N3O3S/c12-7(6-4-15-10-9-6)11-2-1-5(3-11)8(13)14/h4-5H,1-3H2,(H,13,14). The highest BCUT2D eigenvalue weighted by atomic mass is 32.1. The quantitative estimate of drug-likeness (QED) is 0.773. The number of carbonyl (C=O) groups excluding carboxylic acids is 1. The number of hydrogen-bond acceptors (Lipinski definition) is 5. The van der Waals surface area contributed by atoms with Crippen molar-refractivity contribution in [2.24, 2.45) is 5.92 Å². The van der Waals surface area contributed by atoms with Gasteiger partial charge in [0.25, 0.3) is 5.91 Å². The van der Waals surface area contributed by atoms with Crippen molar-refractivity contribution in [3.05, 3.63) is 11.1 Å². The van der Waals surface area contributed by atoms with Crippen LogP contribution in [0.1, 0.15) is 16.9 Å². The lowest BCUT2D eigenvalue weighted by Gasteiger charge is -2.13. The Labute approximate surface area is 89.7 Å². The van der Waals surface area contributed by atoms with Crippen LogP contribution in [-0.2, 0) is 4.79 Å². The number of carbonyl (C=O) groups is 2. The molecule has 1 aromatic rings. The van der Waals surface area contributed by atoms with Crippen LogP contribution in [0.4, 0.5) is 0 Å². The number of aromatic nitrogens is 2. The molecule has 80 valence electrons. The molecule has 1 fully saturated rings. The lowest BCUT2D eigenvalue weighted by atomic mass is 10.1. The van der Waals surface area contributed by atoms with Crippen molar-refractivity contribution in [3.63, 3.8) is 0 Å². The molecule has 0 bridgehead atoms. The van der Waals surface area contributed by atoms with Crippen LogP contribution in [0.15, 0.2) is 5.38 Å². The van der Waals surface area contributed by atoms with E-state index in [0.717, 1.165) is 11.5 Å². The summed E-state index contributed by atoms with van der Waals surface area (Å²) in [5.74, 6) is -1.52. The summed E-state index contributed by atoms with van der Waals surface area (Å²) in [5, 5.41) is 14.0. The molecule has 0 spiro atoms. The molecule has 2 rings (SSSR count). The van der Waals surface area contributed by atoms with Gasteiger partial charge in [-0.2, -0.15) is 0 Å². The molecular weight excluding hydrogens is 218 g/mol. The molecule has 1 amide bonds. The third kappa shape index (κ3) is 1.96. The second-order valence-electron chi connectivity index (χ2n) is 3.37. The maximum absolute atomic E-state index is 11.7. The Morgan fingerprint density at radius 2 is 2.40 bits per heavy atom. The summed E-state index contributed by atoms with van der Waals surface area (Å²) in [6.07, 6.45) is 0.513. The Morgan fingerprint density at radius 3 is 2.93 bits per heavy atom. The molecule has 1 unspecified atom stereocenters. The van der Waals surface area contributed by atoms with Crippen LogP contribution >= 0.6 is 11.5 Å². The lowest BCUT2D eigenvalue weighted by molar-refractivity contribution is -0.141.